The molecule has 0 aliphatic heterocycles. The van der Waals surface area contributed by atoms with Gasteiger partial charge < -0.3 is 15.2 Å². The summed E-state index contributed by atoms with van der Waals surface area (Å²) in [7, 11) is 4.89. The van der Waals surface area contributed by atoms with Crippen LogP contribution in [0.1, 0.15) is 5.56 Å². The molecule has 3 amide bonds. The van der Waals surface area contributed by atoms with Crippen molar-refractivity contribution in [2.24, 2.45) is 5.73 Å². The van der Waals surface area contributed by atoms with Crippen molar-refractivity contribution in [2.45, 2.75) is 6.54 Å². The molecule has 0 fully saturated rings. The maximum atomic E-state index is 11.4. The summed E-state index contributed by atoms with van der Waals surface area (Å²) in [5, 5.41) is 2.01. The van der Waals surface area contributed by atoms with Crippen LogP contribution >= 0.6 is 0 Å². The molecule has 0 atom stereocenters. The number of amides is 3. The molecule has 0 saturated carbocycles. The number of urea groups is 1. The Balaban J connectivity index is 2.64. The van der Waals surface area contributed by atoms with Crippen molar-refractivity contribution >= 4 is 11.9 Å². The van der Waals surface area contributed by atoms with Gasteiger partial charge in [-0.3, -0.25) is 15.0 Å². The zero-order chi connectivity index (χ0) is 15.1. The van der Waals surface area contributed by atoms with Gasteiger partial charge in [0, 0.05) is 6.54 Å². The average molecular weight is 281 g/mol. The first-order valence-electron chi connectivity index (χ1n) is 5.95. The van der Waals surface area contributed by atoms with E-state index in [0.29, 0.717) is 18.0 Å². The Morgan fingerprint density at radius 2 is 1.90 bits per heavy atom. The van der Waals surface area contributed by atoms with Crippen LogP contribution in [0, 0.1) is 0 Å². The van der Waals surface area contributed by atoms with Crippen LogP contribution in [0.2, 0.25) is 0 Å². The number of likely N-dealkylation sites (N-methyl/N-ethyl adjacent to an activating group) is 1. The molecule has 1 aromatic carbocycles. The molecule has 0 heterocycles. The van der Waals surface area contributed by atoms with Crippen molar-refractivity contribution in [1.82, 2.24) is 10.2 Å². The van der Waals surface area contributed by atoms with Crippen LogP contribution in [0.25, 0.3) is 0 Å². The summed E-state index contributed by atoms with van der Waals surface area (Å²) in [4.78, 5) is 23.7. The molecule has 7 nitrogen and oxygen atoms in total. The SMILES string of the molecule is COc1ccc(CN(C)CC(=O)NC(N)=O)cc1OC. The molecule has 0 aromatic heterocycles. The summed E-state index contributed by atoms with van der Waals surface area (Å²) in [6.45, 7) is 0.587. The van der Waals surface area contributed by atoms with Gasteiger partial charge in [0.15, 0.2) is 11.5 Å². The second-order valence-corrected chi connectivity index (χ2v) is 4.27. The van der Waals surface area contributed by atoms with Crippen molar-refractivity contribution in [3.63, 3.8) is 0 Å². The Morgan fingerprint density at radius 1 is 1.25 bits per heavy atom. The molecule has 110 valence electrons. The number of methoxy groups -OCH3 is 2. The first-order valence-corrected chi connectivity index (χ1v) is 5.95. The Kier molecular flexibility index (Phi) is 5.79. The van der Waals surface area contributed by atoms with Crippen molar-refractivity contribution in [2.75, 3.05) is 27.8 Å². The number of benzene rings is 1. The summed E-state index contributed by atoms with van der Waals surface area (Å²) < 4.78 is 10.4. The van der Waals surface area contributed by atoms with E-state index in [-0.39, 0.29) is 6.54 Å². The van der Waals surface area contributed by atoms with Crippen LogP contribution in [-0.2, 0) is 11.3 Å². The Labute approximate surface area is 117 Å². The van der Waals surface area contributed by atoms with E-state index in [0.717, 1.165) is 5.56 Å². The van der Waals surface area contributed by atoms with Crippen molar-refractivity contribution in [1.29, 1.82) is 0 Å². The van der Waals surface area contributed by atoms with E-state index in [4.69, 9.17) is 15.2 Å². The Morgan fingerprint density at radius 3 is 2.45 bits per heavy atom. The standard InChI is InChI=1S/C13H19N3O4/c1-16(8-12(17)15-13(14)18)7-9-4-5-10(19-2)11(6-9)20-3/h4-6H,7-8H2,1-3H3,(H3,14,15,17,18). The fourth-order valence-electron chi connectivity index (χ4n) is 1.77. The number of carbonyl (C=O) groups excluding carboxylic acids is 2. The molecule has 0 saturated heterocycles. The van der Waals surface area contributed by atoms with E-state index in [2.05, 4.69) is 0 Å². The van der Waals surface area contributed by atoms with Crippen LogP contribution in [-0.4, -0.2) is 44.7 Å². The lowest BCUT2D eigenvalue weighted by molar-refractivity contribution is -0.120. The topological polar surface area (TPSA) is 93.9 Å². The van der Waals surface area contributed by atoms with Crippen LogP contribution in [0.5, 0.6) is 11.5 Å². The summed E-state index contributed by atoms with van der Waals surface area (Å²) >= 11 is 0. The average Bonchev–Trinajstić information content (AvgIpc) is 2.37. The van der Waals surface area contributed by atoms with Gasteiger partial charge in [-0.2, -0.15) is 0 Å². The van der Waals surface area contributed by atoms with Crippen LogP contribution in [0.3, 0.4) is 0 Å². The van der Waals surface area contributed by atoms with Gasteiger partial charge >= 0.3 is 6.03 Å². The van der Waals surface area contributed by atoms with E-state index < -0.39 is 11.9 Å². The maximum Gasteiger partial charge on any atom is 0.318 e. The number of primary amides is 1. The van der Waals surface area contributed by atoms with E-state index in [1.165, 1.54) is 0 Å². The number of ether oxygens (including phenoxy) is 2. The van der Waals surface area contributed by atoms with Crippen LogP contribution in [0.4, 0.5) is 4.79 Å². The Hall–Kier alpha value is -2.28. The van der Waals surface area contributed by atoms with Gasteiger partial charge in [-0.05, 0) is 24.7 Å². The van der Waals surface area contributed by atoms with Crippen LogP contribution in [0.15, 0.2) is 18.2 Å². The normalized spacial score (nSPS) is 10.2. The van der Waals surface area contributed by atoms with Crippen molar-refractivity contribution in [3.05, 3.63) is 23.8 Å². The molecule has 0 aliphatic carbocycles. The van der Waals surface area contributed by atoms with E-state index in [1.54, 1.807) is 32.2 Å². The highest BCUT2D eigenvalue weighted by Crippen LogP contribution is 2.27. The third-order valence-corrected chi connectivity index (χ3v) is 2.58. The number of hydrogen-bond acceptors (Lipinski definition) is 5. The van der Waals surface area contributed by atoms with Crippen molar-refractivity contribution in [3.8, 4) is 11.5 Å². The molecule has 1 aromatic rings. The van der Waals surface area contributed by atoms with Gasteiger partial charge in [-0.25, -0.2) is 4.79 Å². The zero-order valence-electron chi connectivity index (χ0n) is 11.8. The quantitative estimate of drug-likeness (QED) is 0.783. The highest BCUT2D eigenvalue weighted by atomic mass is 16.5. The molecule has 0 radical (unpaired) electrons. The molecule has 7 heteroatoms. The largest absolute Gasteiger partial charge is 0.493 e. The number of hydrogen-bond donors (Lipinski definition) is 2. The first kappa shape index (κ1) is 15.8. The lowest BCUT2D eigenvalue weighted by Crippen LogP contribution is -2.41. The summed E-state index contributed by atoms with van der Waals surface area (Å²) in [6, 6.07) is 4.66. The van der Waals surface area contributed by atoms with E-state index in [9.17, 15) is 9.59 Å². The number of nitrogens with two attached hydrogens (primary N) is 1. The second-order valence-electron chi connectivity index (χ2n) is 4.27. The summed E-state index contributed by atoms with van der Waals surface area (Å²) in [5.74, 6) is 0.825. The van der Waals surface area contributed by atoms with Gasteiger partial charge in [0.2, 0.25) is 5.91 Å². The smallest absolute Gasteiger partial charge is 0.318 e. The van der Waals surface area contributed by atoms with Gasteiger partial charge in [-0.1, -0.05) is 6.07 Å². The maximum absolute atomic E-state index is 11.4. The summed E-state index contributed by atoms with van der Waals surface area (Å²) in [6.07, 6.45) is 0. The second kappa shape index (κ2) is 7.34. The minimum atomic E-state index is -0.852. The molecule has 0 spiro atoms. The van der Waals surface area contributed by atoms with Crippen molar-refractivity contribution < 1.29 is 19.1 Å². The summed E-state index contributed by atoms with van der Waals surface area (Å²) in [5.41, 5.74) is 5.83. The van der Waals surface area contributed by atoms with Gasteiger partial charge in [0.05, 0.1) is 20.8 Å². The molecule has 0 aliphatic rings. The monoisotopic (exact) mass is 281 g/mol. The van der Waals surface area contributed by atoms with E-state index in [1.807, 2.05) is 17.4 Å². The molecule has 1 rings (SSSR count). The molecule has 0 bridgehead atoms. The third-order valence-electron chi connectivity index (χ3n) is 2.58. The Bertz CT molecular complexity index is 491. The van der Waals surface area contributed by atoms with Crippen LogP contribution < -0.4 is 20.5 Å². The molecular formula is C13H19N3O4. The third kappa shape index (κ3) is 4.77. The van der Waals surface area contributed by atoms with Gasteiger partial charge in [0.1, 0.15) is 0 Å². The van der Waals surface area contributed by atoms with Gasteiger partial charge in [0.25, 0.3) is 0 Å². The number of nitrogens with zero attached hydrogens (tertiary/aromatic N) is 1. The van der Waals surface area contributed by atoms with E-state index >= 15 is 0 Å². The minimum Gasteiger partial charge on any atom is -0.493 e. The fraction of sp³-hybridized carbons (Fsp3) is 0.385. The number of rotatable bonds is 6. The zero-order valence-corrected chi connectivity index (χ0v) is 11.8. The number of nitrogens with one attached hydrogen (secondary N) is 1. The molecule has 3 N–H and O–H groups in total. The predicted molar refractivity (Wildman–Crippen MR) is 73.6 cm³/mol. The number of imide groups is 1. The lowest BCUT2D eigenvalue weighted by Gasteiger charge is -2.16. The highest BCUT2D eigenvalue weighted by Gasteiger charge is 2.10. The number of carbonyl (C=O) groups is 2. The predicted octanol–water partition coefficient (Wildman–Crippen LogP) is 0.331. The van der Waals surface area contributed by atoms with Gasteiger partial charge in [-0.15, -0.1) is 0 Å². The molecule has 0 unspecified atom stereocenters. The fourth-order valence-corrected chi connectivity index (χ4v) is 1.77. The lowest BCUT2D eigenvalue weighted by atomic mass is 10.2. The first-order chi connectivity index (χ1) is 9.46. The minimum absolute atomic E-state index is 0.0668. The molecule has 20 heavy (non-hydrogen) atoms. The molecular weight excluding hydrogens is 262 g/mol. The highest BCUT2D eigenvalue weighted by molar-refractivity contribution is 5.94.